The average molecular weight is 250 g/mol. The molecule has 0 aromatic carbocycles. The van der Waals surface area contributed by atoms with Crippen LogP contribution in [0.15, 0.2) is 0 Å². The Hall–Kier alpha value is -1.06. The zero-order chi connectivity index (χ0) is 12.9. The van der Waals surface area contributed by atoms with E-state index in [-0.39, 0.29) is 11.3 Å². The Morgan fingerprint density at radius 3 is 1.94 bits per heavy atom. The van der Waals surface area contributed by atoms with Gasteiger partial charge in [-0.05, 0) is 63.2 Å². The first kappa shape index (κ1) is 12.0. The Balaban J connectivity index is 1.75. The minimum Gasteiger partial charge on any atom is -0.368 e. The fourth-order valence-corrected chi connectivity index (χ4v) is 4.81. The van der Waals surface area contributed by atoms with Crippen LogP contribution in [-0.4, -0.2) is 17.9 Å². The molecule has 4 fully saturated rings. The first-order valence-corrected chi connectivity index (χ1v) is 7.09. The van der Waals surface area contributed by atoms with E-state index in [9.17, 15) is 9.59 Å². The number of nitrogens with one attached hydrogen (secondary N) is 1. The van der Waals surface area contributed by atoms with Crippen molar-refractivity contribution < 1.29 is 9.59 Å². The molecule has 0 saturated heterocycles. The van der Waals surface area contributed by atoms with Gasteiger partial charge in [-0.1, -0.05) is 0 Å². The van der Waals surface area contributed by atoms with Crippen molar-refractivity contribution >= 4 is 11.8 Å². The number of carbonyl (C=O) groups is 2. The first-order chi connectivity index (χ1) is 8.48. The molecule has 0 spiro atoms. The van der Waals surface area contributed by atoms with Gasteiger partial charge in [-0.3, -0.25) is 9.59 Å². The SMILES string of the molecule is C[C@@H](NC(=O)C12CC3CC(CC(C3)C1)C2)C(N)=O. The predicted octanol–water partition coefficient (Wildman–Crippen LogP) is 1.19. The van der Waals surface area contributed by atoms with Gasteiger partial charge in [0.1, 0.15) is 6.04 Å². The number of rotatable bonds is 3. The van der Waals surface area contributed by atoms with Crippen molar-refractivity contribution in [1.29, 1.82) is 0 Å². The van der Waals surface area contributed by atoms with Crippen molar-refractivity contribution in [2.24, 2.45) is 28.9 Å². The van der Waals surface area contributed by atoms with Crippen molar-refractivity contribution in [2.45, 2.75) is 51.5 Å². The van der Waals surface area contributed by atoms with E-state index in [1.807, 2.05) is 0 Å². The Bertz CT molecular complexity index is 356. The molecule has 4 aliphatic rings. The summed E-state index contributed by atoms with van der Waals surface area (Å²) in [6.45, 7) is 1.67. The minimum atomic E-state index is -0.550. The molecule has 18 heavy (non-hydrogen) atoms. The zero-order valence-electron chi connectivity index (χ0n) is 10.9. The topological polar surface area (TPSA) is 72.2 Å². The van der Waals surface area contributed by atoms with Crippen LogP contribution < -0.4 is 11.1 Å². The van der Waals surface area contributed by atoms with E-state index in [4.69, 9.17) is 5.73 Å². The van der Waals surface area contributed by atoms with Crippen LogP contribution >= 0.6 is 0 Å². The molecule has 0 aliphatic heterocycles. The first-order valence-electron chi connectivity index (χ1n) is 7.09. The molecule has 4 nitrogen and oxygen atoms in total. The maximum atomic E-state index is 12.5. The van der Waals surface area contributed by atoms with Crippen LogP contribution in [0, 0.1) is 23.2 Å². The normalized spacial score (nSPS) is 42.6. The second-order valence-electron chi connectivity index (χ2n) is 6.80. The molecular weight excluding hydrogens is 228 g/mol. The van der Waals surface area contributed by atoms with Gasteiger partial charge in [0.25, 0.3) is 0 Å². The molecular formula is C14H22N2O2. The van der Waals surface area contributed by atoms with Crippen molar-refractivity contribution in [1.82, 2.24) is 5.32 Å². The maximum Gasteiger partial charge on any atom is 0.239 e. The van der Waals surface area contributed by atoms with Gasteiger partial charge >= 0.3 is 0 Å². The summed E-state index contributed by atoms with van der Waals surface area (Å²) in [7, 11) is 0. The van der Waals surface area contributed by atoms with Crippen LogP contribution in [0.2, 0.25) is 0 Å². The van der Waals surface area contributed by atoms with Gasteiger partial charge in [-0.25, -0.2) is 0 Å². The summed E-state index contributed by atoms with van der Waals surface area (Å²) in [4.78, 5) is 23.6. The van der Waals surface area contributed by atoms with Crippen LogP contribution in [-0.2, 0) is 9.59 Å². The van der Waals surface area contributed by atoms with Crippen LogP contribution in [0.1, 0.15) is 45.4 Å². The van der Waals surface area contributed by atoms with Crippen LogP contribution in [0.3, 0.4) is 0 Å². The van der Waals surface area contributed by atoms with E-state index >= 15 is 0 Å². The smallest absolute Gasteiger partial charge is 0.239 e. The van der Waals surface area contributed by atoms with Crippen molar-refractivity contribution in [3.05, 3.63) is 0 Å². The largest absolute Gasteiger partial charge is 0.368 e. The van der Waals surface area contributed by atoms with E-state index in [1.165, 1.54) is 19.3 Å². The van der Waals surface area contributed by atoms with Gasteiger partial charge in [0.05, 0.1) is 0 Å². The Morgan fingerprint density at radius 2 is 1.56 bits per heavy atom. The molecule has 4 aliphatic carbocycles. The maximum absolute atomic E-state index is 12.5. The standard InChI is InChI=1S/C14H22N2O2/c1-8(12(15)17)16-13(18)14-5-9-2-10(6-14)4-11(3-9)7-14/h8-11H,2-7H2,1H3,(H2,15,17)(H,16,18)/t8-,9?,10?,11?,14?/m1/s1. The summed E-state index contributed by atoms with van der Waals surface area (Å²) in [6, 6.07) is -0.550. The summed E-state index contributed by atoms with van der Waals surface area (Å²) in [5.41, 5.74) is 5.04. The molecule has 0 aromatic rings. The van der Waals surface area contributed by atoms with Gasteiger partial charge in [0.2, 0.25) is 11.8 Å². The molecule has 4 saturated carbocycles. The van der Waals surface area contributed by atoms with Crippen LogP contribution in [0.25, 0.3) is 0 Å². The van der Waals surface area contributed by atoms with Crippen molar-refractivity contribution in [2.75, 3.05) is 0 Å². The van der Waals surface area contributed by atoms with E-state index in [2.05, 4.69) is 5.32 Å². The molecule has 0 heterocycles. The third kappa shape index (κ3) is 1.82. The summed E-state index contributed by atoms with van der Waals surface area (Å²) < 4.78 is 0. The summed E-state index contributed by atoms with van der Waals surface area (Å²) in [5.74, 6) is 1.85. The lowest BCUT2D eigenvalue weighted by atomic mass is 9.49. The molecule has 4 heteroatoms. The van der Waals surface area contributed by atoms with Crippen molar-refractivity contribution in [3.8, 4) is 0 Å². The molecule has 4 bridgehead atoms. The highest BCUT2D eigenvalue weighted by Crippen LogP contribution is 2.60. The van der Waals surface area contributed by atoms with E-state index in [0.717, 1.165) is 37.0 Å². The second-order valence-corrected chi connectivity index (χ2v) is 6.80. The third-order valence-corrected chi connectivity index (χ3v) is 5.29. The molecule has 4 rings (SSSR count). The zero-order valence-corrected chi connectivity index (χ0v) is 10.9. The quantitative estimate of drug-likeness (QED) is 0.789. The van der Waals surface area contributed by atoms with Crippen LogP contribution in [0.4, 0.5) is 0 Å². The monoisotopic (exact) mass is 250 g/mol. The van der Waals surface area contributed by atoms with Gasteiger partial charge < -0.3 is 11.1 Å². The van der Waals surface area contributed by atoms with E-state index < -0.39 is 11.9 Å². The fraction of sp³-hybridized carbons (Fsp3) is 0.857. The minimum absolute atomic E-state index is 0.0768. The lowest BCUT2D eigenvalue weighted by Gasteiger charge is -2.55. The van der Waals surface area contributed by atoms with Gasteiger partial charge in [-0.15, -0.1) is 0 Å². The molecule has 0 aromatic heterocycles. The van der Waals surface area contributed by atoms with Crippen LogP contribution in [0.5, 0.6) is 0 Å². The molecule has 0 radical (unpaired) electrons. The van der Waals surface area contributed by atoms with Gasteiger partial charge in [0.15, 0.2) is 0 Å². The second kappa shape index (κ2) is 3.97. The summed E-state index contributed by atoms with van der Waals surface area (Å²) >= 11 is 0. The summed E-state index contributed by atoms with van der Waals surface area (Å²) in [6.07, 6.45) is 7.02. The lowest BCUT2D eigenvalue weighted by molar-refractivity contribution is -0.148. The Labute approximate surface area is 108 Å². The number of hydrogen-bond acceptors (Lipinski definition) is 2. The van der Waals surface area contributed by atoms with E-state index in [1.54, 1.807) is 6.92 Å². The third-order valence-electron chi connectivity index (χ3n) is 5.29. The summed E-state index contributed by atoms with van der Waals surface area (Å²) in [5, 5.41) is 2.82. The fourth-order valence-electron chi connectivity index (χ4n) is 4.81. The van der Waals surface area contributed by atoms with Gasteiger partial charge in [0, 0.05) is 5.41 Å². The number of carbonyl (C=O) groups excluding carboxylic acids is 2. The molecule has 2 amide bonds. The molecule has 0 unspecified atom stereocenters. The van der Waals surface area contributed by atoms with Crippen molar-refractivity contribution in [3.63, 3.8) is 0 Å². The highest BCUT2D eigenvalue weighted by molar-refractivity contribution is 5.89. The Morgan fingerprint density at radius 1 is 1.11 bits per heavy atom. The highest BCUT2D eigenvalue weighted by Gasteiger charge is 2.54. The lowest BCUT2D eigenvalue weighted by Crippen LogP contribution is -2.56. The number of hydrogen-bond donors (Lipinski definition) is 2. The van der Waals surface area contributed by atoms with Gasteiger partial charge in [-0.2, -0.15) is 0 Å². The highest BCUT2D eigenvalue weighted by atomic mass is 16.2. The molecule has 3 N–H and O–H groups in total. The number of amides is 2. The van der Waals surface area contributed by atoms with E-state index in [0.29, 0.717) is 0 Å². The Kier molecular flexibility index (Phi) is 2.65. The average Bonchev–Trinajstić information content (AvgIpc) is 2.26. The predicted molar refractivity (Wildman–Crippen MR) is 67.4 cm³/mol. The molecule has 100 valence electrons. The number of primary amides is 1. The molecule has 1 atom stereocenters. The number of nitrogens with two attached hydrogens (primary N) is 1.